The maximum Gasteiger partial charge on any atom is 0.138 e. The minimum atomic E-state index is 0.380. The van der Waals surface area contributed by atoms with Crippen LogP contribution >= 0.6 is 0 Å². The van der Waals surface area contributed by atoms with Crippen LogP contribution in [0, 0.1) is 5.92 Å². The van der Waals surface area contributed by atoms with Crippen molar-refractivity contribution in [1.82, 2.24) is 4.98 Å². The van der Waals surface area contributed by atoms with E-state index in [1.165, 1.54) is 32.1 Å². The molecule has 1 aromatic heterocycles. The molecule has 1 aliphatic rings. The van der Waals surface area contributed by atoms with Crippen LogP contribution in [0.1, 0.15) is 39.0 Å². The first kappa shape index (κ1) is 12.5. The fourth-order valence-corrected chi connectivity index (χ4v) is 2.97. The average Bonchev–Trinajstić information content (AvgIpc) is 2.48. The Morgan fingerprint density at radius 2 is 1.95 bits per heavy atom. The summed E-state index contributed by atoms with van der Waals surface area (Å²) in [6.07, 6.45) is 8.53. The van der Waals surface area contributed by atoms with E-state index < -0.39 is 0 Å². The molecule has 19 heavy (non-hydrogen) atoms. The summed E-state index contributed by atoms with van der Waals surface area (Å²) in [5, 5.41) is 1.15. The highest BCUT2D eigenvalue weighted by atomic mass is 16.5. The number of benzene rings is 1. The lowest BCUT2D eigenvalue weighted by Gasteiger charge is -2.28. The van der Waals surface area contributed by atoms with E-state index in [0.717, 1.165) is 22.6 Å². The van der Waals surface area contributed by atoms with Gasteiger partial charge >= 0.3 is 0 Å². The summed E-state index contributed by atoms with van der Waals surface area (Å²) in [5.41, 5.74) is 1.03. The van der Waals surface area contributed by atoms with Crippen molar-refractivity contribution in [3.05, 3.63) is 36.5 Å². The first-order valence-electron chi connectivity index (χ1n) is 7.36. The molecule has 0 spiro atoms. The van der Waals surface area contributed by atoms with Gasteiger partial charge in [-0.15, -0.1) is 0 Å². The molecular weight excluding hydrogens is 234 g/mol. The third kappa shape index (κ3) is 2.89. The van der Waals surface area contributed by atoms with Crippen LogP contribution in [0.5, 0.6) is 5.75 Å². The van der Waals surface area contributed by atoms with Crippen molar-refractivity contribution in [1.29, 1.82) is 0 Å². The van der Waals surface area contributed by atoms with Crippen molar-refractivity contribution < 1.29 is 4.74 Å². The minimum absolute atomic E-state index is 0.380. The van der Waals surface area contributed by atoms with E-state index in [9.17, 15) is 0 Å². The van der Waals surface area contributed by atoms with Gasteiger partial charge in [0.15, 0.2) is 0 Å². The molecule has 1 fully saturated rings. The summed E-state index contributed by atoms with van der Waals surface area (Å²) in [7, 11) is 0. The van der Waals surface area contributed by atoms with Crippen molar-refractivity contribution in [2.75, 3.05) is 0 Å². The van der Waals surface area contributed by atoms with Crippen LogP contribution in [0.4, 0.5) is 0 Å². The van der Waals surface area contributed by atoms with Gasteiger partial charge in [0.2, 0.25) is 0 Å². The molecule has 1 aromatic carbocycles. The highest BCUT2D eigenvalue weighted by Gasteiger charge is 2.21. The van der Waals surface area contributed by atoms with E-state index in [4.69, 9.17) is 4.74 Å². The lowest BCUT2D eigenvalue weighted by Crippen LogP contribution is -2.23. The van der Waals surface area contributed by atoms with E-state index in [1.54, 1.807) is 0 Å². The van der Waals surface area contributed by atoms with Crippen molar-refractivity contribution in [2.24, 2.45) is 5.92 Å². The van der Waals surface area contributed by atoms with Crippen LogP contribution in [0.25, 0.3) is 10.9 Å². The maximum atomic E-state index is 6.09. The van der Waals surface area contributed by atoms with E-state index in [1.807, 2.05) is 24.4 Å². The van der Waals surface area contributed by atoms with Gasteiger partial charge in [-0.05, 0) is 43.7 Å². The predicted octanol–water partition coefficient (Wildman–Crippen LogP) is 4.58. The van der Waals surface area contributed by atoms with Crippen LogP contribution in [-0.4, -0.2) is 11.1 Å². The number of hydrogen-bond donors (Lipinski definition) is 0. The normalized spacial score (nSPS) is 23.4. The third-order valence-corrected chi connectivity index (χ3v) is 4.24. The summed E-state index contributed by atoms with van der Waals surface area (Å²) >= 11 is 0. The largest absolute Gasteiger partial charge is 0.489 e. The Balaban J connectivity index is 1.68. The zero-order valence-corrected chi connectivity index (χ0v) is 11.5. The number of ether oxygens (including phenoxy) is 1. The maximum absolute atomic E-state index is 6.09. The Labute approximate surface area is 114 Å². The second-order valence-electron chi connectivity index (χ2n) is 5.53. The fraction of sp³-hybridized carbons (Fsp3) is 0.471. The summed E-state index contributed by atoms with van der Waals surface area (Å²) in [5.74, 6) is 1.83. The highest BCUT2D eigenvalue weighted by molar-refractivity contribution is 5.79. The smallest absolute Gasteiger partial charge is 0.138 e. The monoisotopic (exact) mass is 255 g/mol. The van der Waals surface area contributed by atoms with Crippen LogP contribution in [0.15, 0.2) is 36.5 Å². The third-order valence-electron chi connectivity index (χ3n) is 4.24. The second-order valence-corrected chi connectivity index (χ2v) is 5.53. The Hall–Kier alpha value is -1.57. The summed E-state index contributed by atoms with van der Waals surface area (Å²) in [4.78, 5) is 4.45. The molecule has 2 heteroatoms. The fourth-order valence-electron chi connectivity index (χ4n) is 2.97. The second kappa shape index (κ2) is 5.60. The molecule has 0 saturated heterocycles. The zero-order valence-electron chi connectivity index (χ0n) is 11.5. The molecule has 0 radical (unpaired) electrons. The lowest BCUT2D eigenvalue weighted by molar-refractivity contribution is 0.129. The number of aromatic nitrogens is 1. The average molecular weight is 255 g/mol. The molecule has 1 heterocycles. The van der Waals surface area contributed by atoms with Crippen molar-refractivity contribution in [2.45, 2.75) is 45.1 Å². The molecule has 1 aliphatic carbocycles. The van der Waals surface area contributed by atoms with Gasteiger partial charge in [-0.3, -0.25) is 4.98 Å². The number of fused-ring (bicyclic) bond motifs is 1. The number of nitrogens with zero attached hydrogens (tertiary/aromatic N) is 1. The molecule has 0 amide bonds. The van der Waals surface area contributed by atoms with E-state index >= 15 is 0 Å². The van der Waals surface area contributed by atoms with Crippen molar-refractivity contribution in [3.63, 3.8) is 0 Å². The standard InChI is InChI=1S/C17H21NO/c1-2-13-7-9-15(10-8-13)19-16-11-14-5-3-4-6-17(14)18-12-16/h3-6,11-13,15H,2,7-10H2,1H3. The molecule has 0 N–H and O–H groups in total. The first-order valence-corrected chi connectivity index (χ1v) is 7.36. The van der Waals surface area contributed by atoms with Crippen LogP contribution in [-0.2, 0) is 0 Å². The van der Waals surface area contributed by atoms with Crippen LogP contribution < -0.4 is 4.74 Å². The van der Waals surface area contributed by atoms with E-state index in [2.05, 4.69) is 24.0 Å². The Kier molecular flexibility index (Phi) is 3.67. The predicted molar refractivity (Wildman–Crippen MR) is 78.4 cm³/mol. The summed E-state index contributed by atoms with van der Waals surface area (Å²) in [6.45, 7) is 2.29. The molecule has 100 valence electrons. The van der Waals surface area contributed by atoms with Gasteiger partial charge in [-0.2, -0.15) is 0 Å². The number of pyridine rings is 1. The molecule has 1 saturated carbocycles. The molecule has 0 atom stereocenters. The first-order chi connectivity index (χ1) is 9.35. The van der Waals surface area contributed by atoms with Gasteiger partial charge in [0.05, 0.1) is 17.8 Å². The topological polar surface area (TPSA) is 22.1 Å². The molecule has 0 unspecified atom stereocenters. The Morgan fingerprint density at radius 1 is 1.16 bits per heavy atom. The molecule has 0 bridgehead atoms. The number of rotatable bonds is 3. The van der Waals surface area contributed by atoms with Crippen molar-refractivity contribution in [3.8, 4) is 5.75 Å². The summed E-state index contributed by atoms with van der Waals surface area (Å²) in [6, 6.07) is 10.3. The van der Waals surface area contributed by atoms with Gasteiger partial charge in [0.25, 0.3) is 0 Å². The highest BCUT2D eigenvalue weighted by Crippen LogP contribution is 2.29. The van der Waals surface area contributed by atoms with Gasteiger partial charge in [-0.1, -0.05) is 31.5 Å². The molecule has 0 aliphatic heterocycles. The van der Waals surface area contributed by atoms with Crippen LogP contribution in [0.2, 0.25) is 0 Å². The minimum Gasteiger partial charge on any atom is -0.489 e. The van der Waals surface area contributed by atoms with E-state index in [-0.39, 0.29) is 0 Å². The number of para-hydroxylation sites is 1. The molecule has 2 nitrogen and oxygen atoms in total. The van der Waals surface area contributed by atoms with Crippen molar-refractivity contribution >= 4 is 10.9 Å². The molecule has 3 rings (SSSR count). The quantitative estimate of drug-likeness (QED) is 0.800. The number of hydrogen-bond acceptors (Lipinski definition) is 2. The Morgan fingerprint density at radius 3 is 2.74 bits per heavy atom. The molecule has 2 aromatic rings. The van der Waals surface area contributed by atoms with Gasteiger partial charge in [0.1, 0.15) is 5.75 Å². The van der Waals surface area contributed by atoms with Gasteiger partial charge < -0.3 is 4.74 Å². The Bertz CT molecular complexity index is 544. The van der Waals surface area contributed by atoms with Crippen LogP contribution in [0.3, 0.4) is 0 Å². The SMILES string of the molecule is CCC1CCC(Oc2cnc3ccccc3c2)CC1. The summed E-state index contributed by atoms with van der Waals surface area (Å²) < 4.78 is 6.09. The van der Waals surface area contributed by atoms with Gasteiger partial charge in [-0.25, -0.2) is 0 Å². The van der Waals surface area contributed by atoms with E-state index in [0.29, 0.717) is 6.10 Å². The van der Waals surface area contributed by atoms with Gasteiger partial charge in [0, 0.05) is 5.39 Å². The molecular formula is C17H21NO. The zero-order chi connectivity index (χ0) is 13.1. The lowest BCUT2D eigenvalue weighted by atomic mass is 9.86.